The first kappa shape index (κ1) is 44.8. The molecular formula is C45H66N4O6. The minimum absolute atomic E-state index is 0.0805. The number of phenols is 3. The molecule has 0 radical (unpaired) electrons. The minimum atomic E-state index is -0.404. The van der Waals surface area contributed by atoms with Gasteiger partial charge < -0.3 is 31.3 Å². The average molecular weight is 759 g/mol. The fourth-order valence-corrected chi connectivity index (χ4v) is 6.17. The number of aromatic hydroxyl groups is 3. The predicted octanol–water partition coefficient (Wildman–Crippen LogP) is 8.31. The van der Waals surface area contributed by atoms with Crippen molar-refractivity contribution in [3.05, 3.63) is 86.5 Å². The Morgan fingerprint density at radius 3 is 0.873 bits per heavy atom. The van der Waals surface area contributed by atoms with Crippen LogP contribution in [-0.4, -0.2) is 56.1 Å². The summed E-state index contributed by atoms with van der Waals surface area (Å²) in [4.78, 5) is 42.3. The Morgan fingerprint density at radius 2 is 0.691 bits per heavy atom. The van der Waals surface area contributed by atoms with E-state index in [4.69, 9.17) is 0 Å². The van der Waals surface area contributed by atoms with Gasteiger partial charge in [-0.25, -0.2) is 0 Å². The Morgan fingerprint density at radius 1 is 0.473 bits per heavy atom. The lowest BCUT2D eigenvalue weighted by Crippen LogP contribution is -2.32. The third-order valence-corrected chi connectivity index (χ3v) is 9.34. The van der Waals surface area contributed by atoms with Gasteiger partial charge in [0.05, 0.1) is 16.7 Å². The molecule has 10 nitrogen and oxygen atoms in total. The standard InChI is InChI=1S/C45H66N4O6/c1-25(2)46-40(53)34-19-31(43(7,8)9)16-28(37(34)50)22-49(23-29-17-32(44(10,11)12)20-35(38(29)51)41(54)47-26(3)4)24-30-18-33(45(13,14)15)21-36(39(30)52)42(55)48-27(5)6/h16-21,25-27,50-52H,22-24H2,1-15H3,(H,46,53)(H,47,54)(H,48,55). The first-order valence-corrected chi connectivity index (χ1v) is 19.3. The summed E-state index contributed by atoms with van der Waals surface area (Å²) in [6.07, 6.45) is 0. The highest BCUT2D eigenvalue weighted by molar-refractivity contribution is 5.99. The molecule has 0 spiro atoms. The first-order valence-electron chi connectivity index (χ1n) is 19.3. The summed E-state index contributed by atoms with van der Waals surface area (Å²) in [6.45, 7) is 29.7. The van der Waals surface area contributed by atoms with E-state index >= 15 is 0 Å². The zero-order valence-electron chi connectivity index (χ0n) is 35.8. The molecule has 0 aliphatic heterocycles. The molecule has 0 aromatic heterocycles. The van der Waals surface area contributed by atoms with Crippen LogP contribution in [-0.2, 0) is 35.9 Å². The molecule has 0 unspecified atom stereocenters. The number of amides is 3. The molecule has 0 atom stereocenters. The quantitative estimate of drug-likeness (QED) is 0.109. The lowest BCUT2D eigenvalue weighted by atomic mass is 9.83. The van der Waals surface area contributed by atoms with Crippen molar-refractivity contribution in [1.29, 1.82) is 0 Å². The Bertz CT molecular complexity index is 1670. The number of carbonyl (C=O) groups excluding carboxylic acids is 3. The smallest absolute Gasteiger partial charge is 0.255 e. The Labute approximate surface area is 329 Å². The predicted molar refractivity (Wildman–Crippen MR) is 221 cm³/mol. The van der Waals surface area contributed by atoms with E-state index in [0.29, 0.717) is 16.7 Å². The highest BCUT2D eigenvalue weighted by Crippen LogP contribution is 2.37. The van der Waals surface area contributed by atoms with E-state index in [-0.39, 0.29) is 87.9 Å². The third-order valence-electron chi connectivity index (χ3n) is 9.34. The van der Waals surface area contributed by atoms with Crippen LogP contribution >= 0.6 is 0 Å². The van der Waals surface area contributed by atoms with Crippen molar-refractivity contribution >= 4 is 17.7 Å². The topological polar surface area (TPSA) is 151 Å². The van der Waals surface area contributed by atoms with Crippen molar-refractivity contribution in [2.24, 2.45) is 0 Å². The van der Waals surface area contributed by atoms with Crippen LogP contribution in [0.3, 0.4) is 0 Å². The molecule has 302 valence electrons. The largest absolute Gasteiger partial charge is 0.507 e. The van der Waals surface area contributed by atoms with E-state index in [1.807, 2.05) is 127 Å². The van der Waals surface area contributed by atoms with Gasteiger partial charge >= 0.3 is 0 Å². The average Bonchev–Trinajstić information content (AvgIpc) is 3.00. The van der Waals surface area contributed by atoms with Gasteiger partial charge in [-0.2, -0.15) is 0 Å². The monoisotopic (exact) mass is 758 g/mol. The van der Waals surface area contributed by atoms with Crippen molar-refractivity contribution < 1.29 is 29.7 Å². The van der Waals surface area contributed by atoms with Crippen LogP contribution in [0.1, 0.15) is 168 Å². The summed E-state index contributed by atoms with van der Waals surface area (Å²) >= 11 is 0. The second-order valence-electron chi connectivity index (χ2n) is 18.9. The van der Waals surface area contributed by atoms with Crippen LogP contribution in [0.15, 0.2) is 36.4 Å². The molecule has 3 aromatic carbocycles. The molecule has 3 aromatic rings. The number of benzene rings is 3. The van der Waals surface area contributed by atoms with Crippen LogP contribution in [0.2, 0.25) is 0 Å². The Balaban J connectivity index is 2.37. The second-order valence-corrected chi connectivity index (χ2v) is 18.9. The highest BCUT2D eigenvalue weighted by Gasteiger charge is 2.28. The summed E-state index contributed by atoms with van der Waals surface area (Å²) in [5, 5.41) is 44.0. The van der Waals surface area contributed by atoms with Crippen molar-refractivity contribution in [2.45, 2.75) is 158 Å². The number of hydrogen-bond donors (Lipinski definition) is 6. The normalized spacial score (nSPS) is 12.5. The van der Waals surface area contributed by atoms with Gasteiger partial charge in [-0.15, -0.1) is 0 Å². The first-order chi connectivity index (χ1) is 25.1. The van der Waals surface area contributed by atoms with Gasteiger partial charge in [-0.3, -0.25) is 19.3 Å². The molecule has 10 heteroatoms. The Hall–Kier alpha value is -4.57. The molecule has 3 rings (SSSR count). The zero-order chi connectivity index (χ0) is 42.0. The highest BCUT2D eigenvalue weighted by atomic mass is 16.3. The van der Waals surface area contributed by atoms with Crippen molar-refractivity contribution in [3.8, 4) is 17.2 Å². The van der Waals surface area contributed by atoms with Gasteiger partial charge in [0.2, 0.25) is 0 Å². The van der Waals surface area contributed by atoms with Crippen LogP contribution in [0.5, 0.6) is 17.2 Å². The fraction of sp³-hybridized carbons (Fsp3) is 0.533. The van der Waals surface area contributed by atoms with E-state index < -0.39 is 17.7 Å². The molecule has 0 saturated carbocycles. The van der Waals surface area contributed by atoms with E-state index in [2.05, 4.69) is 16.0 Å². The lowest BCUT2D eigenvalue weighted by Gasteiger charge is -2.29. The van der Waals surface area contributed by atoms with Gasteiger partial charge in [0.25, 0.3) is 17.7 Å². The molecule has 0 fully saturated rings. The fourth-order valence-electron chi connectivity index (χ4n) is 6.17. The van der Waals surface area contributed by atoms with Gasteiger partial charge in [0.1, 0.15) is 17.2 Å². The van der Waals surface area contributed by atoms with E-state index in [0.717, 1.165) is 16.7 Å². The van der Waals surface area contributed by atoms with Gasteiger partial charge in [-0.05, 0) is 92.7 Å². The second kappa shape index (κ2) is 17.1. The van der Waals surface area contributed by atoms with Gasteiger partial charge in [0, 0.05) is 54.5 Å². The maximum Gasteiger partial charge on any atom is 0.255 e. The molecule has 6 N–H and O–H groups in total. The molecule has 0 saturated heterocycles. The molecule has 55 heavy (non-hydrogen) atoms. The summed E-state index contributed by atoms with van der Waals surface area (Å²) in [6, 6.07) is 10.3. The summed E-state index contributed by atoms with van der Waals surface area (Å²) < 4.78 is 0. The van der Waals surface area contributed by atoms with Crippen molar-refractivity contribution in [1.82, 2.24) is 20.9 Å². The summed E-state index contributed by atoms with van der Waals surface area (Å²) in [5.74, 6) is -1.74. The number of hydrogen-bond acceptors (Lipinski definition) is 7. The number of nitrogens with one attached hydrogen (secondary N) is 3. The van der Waals surface area contributed by atoms with Gasteiger partial charge in [0.15, 0.2) is 0 Å². The zero-order valence-corrected chi connectivity index (χ0v) is 35.8. The lowest BCUT2D eigenvalue weighted by molar-refractivity contribution is 0.0931. The molecule has 0 bridgehead atoms. The van der Waals surface area contributed by atoms with E-state index in [1.165, 1.54) is 0 Å². The molecule has 3 amide bonds. The van der Waals surface area contributed by atoms with E-state index in [1.54, 1.807) is 18.2 Å². The number of nitrogens with zero attached hydrogens (tertiary/aromatic N) is 1. The molecular weight excluding hydrogens is 693 g/mol. The minimum Gasteiger partial charge on any atom is -0.507 e. The number of rotatable bonds is 12. The van der Waals surface area contributed by atoms with Crippen LogP contribution in [0, 0.1) is 0 Å². The van der Waals surface area contributed by atoms with Crippen LogP contribution < -0.4 is 16.0 Å². The summed E-state index contributed by atoms with van der Waals surface area (Å²) in [5.41, 5.74) is 3.21. The van der Waals surface area contributed by atoms with Crippen molar-refractivity contribution in [3.63, 3.8) is 0 Å². The van der Waals surface area contributed by atoms with Crippen LogP contribution in [0.25, 0.3) is 0 Å². The Kier molecular flexibility index (Phi) is 13.9. The maximum atomic E-state index is 13.5. The third kappa shape index (κ3) is 11.7. The van der Waals surface area contributed by atoms with Crippen LogP contribution in [0.4, 0.5) is 0 Å². The van der Waals surface area contributed by atoms with Gasteiger partial charge in [-0.1, -0.05) is 80.5 Å². The molecule has 0 heterocycles. The molecule has 0 aliphatic carbocycles. The number of phenolic OH excluding ortho intramolecular Hbond substituents is 3. The SMILES string of the molecule is CC(C)NC(=O)c1cc(C(C)(C)C)cc(CN(Cc2cc(C(C)(C)C)cc(C(=O)NC(C)C)c2O)Cc2cc(C(C)(C)C)cc(C(=O)NC(C)C)c2O)c1O. The summed E-state index contributed by atoms with van der Waals surface area (Å²) in [7, 11) is 0. The van der Waals surface area contributed by atoms with E-state index in [9.17, 15) is 29.7 Å². The maximum absolute atomic E-state index is 13.5. The van der Waals surface area contributed by atoms with Crippen molar-refractivity contribution in [2.75, 3.05) is 0 Å². The molecule has 0 aliphatic rings. The number of carbonyl (C=O) groups is 3.